The van der Waals surface area contributed by atoms with Crippen LogP contribution in [-0.4, -0.2) is 40.9 Å². The number of hydrogen-bond acceptors (Lipinski definition) is 4. The van der Waals surface area contributed by atoms with E-state index in [1.807, 2.05) is 31.2 Å². The van der Waals surface area contributed by atoms with Crippen LogP contribution < -0.4 is 11.0 Å². The van der Waals surface area contributed by atoms with Gasteiger partial charge in [0, 0.05) is 32.6 Å². The molecule has 1 heterocycles. The van der Waals surface area contributed by atoms with Gasteiger partial charge in [0.15, 0.2) is 0 Å². The molecule has 32 heavy (non-hydrogen) atoms. The van der Waals surface area contributed by atoms with Gasteiger partial charge in [-0.25, -0.2) is 13.2 Å². The molecule has 0 bridgehead atoms. The predicted molar refractivity (Wildman–Crippen MR) is 127 cm³/mol. The van der Waals surface area contributed by atoms with Crippen molar-refractivity contribution >= 4 is 44.3 Å². The summed E-state index contributed by atoms with van der Waals surface area (Å²) < 4.78 is 30.1. The van der Waals surface area contributed by atoms with E-state index in [0.717, 1.165) is 11.0 Å². The van der Waals surface area contributed by atoms with Gasteiger partial charge in [0.2, 0.25) is 15.9 Å². The number of aryl methyl sites for hydroxylation is 2. The van der Waals surface area contributed by atoms with Crippen molar-refractivity contribution in [2.75, 3.05) is 18.4 Å². The summed E-state index contributed by atoms with van der Waals surface area (Å²) in [5.41, 5.74) is 1.62. The Labute approximate surface area is 192 Å². The number of carbonyl (C=O) groups excluding carboxylic acids is 1. The first-order chi connectivity index (χ1) is 15.2. The molecule has 8 nitrogen and oxygen atoms in total. The molecule has 0 unspecified atom stereocenters. The SMILES string of the molecule is CCN(CC)S(=O)(=O)c1ccc(Cl)c(NC(=O)CCn2c(=O)n(CC)c3ccccc32)c1. The van der Waals surface area contributed by atoms with Gasteiger partial charge in [-0.3, -0.25) is 13.9 Å². The van der Waals surface area contributed by atoms with Crippen LogP contribution >= 0.6 is 11.6 Å². The molecule has 1 aromatic heterocycles. The van der Waals surface area contributed by atoms with Crippen molar-refractivity contribution in [3.8, 4) is 0 Å². The molecule has 172 valence electrons. The molecule has 10 heteroatoms. The zero-order chi connectivity index (χ0) is 23.5. The summed E-state index contributed by atoms with van der Waals surface area (Å²) >= 11 is 6.20. The molecule has 0 spiro atoms. The van der Waals surface area contributed by atoms with E-state index in [-0.39, 0.29) is 40.2 Å². The standard InChI is InChI=1S/C22H27ClN4O4S/c1-4-25(5-2)32(30,31)16-11-12-17(23)18(15-16)24-21(28)13-14-27-20-10-8-7-9-19(20)26(6-3)22(27)29/h7-12,15H,4-6,13-14H2,1-3H3,(H,24,28). The fourth-order valence-corrected chi connectivity index (χ4v) is 5.34. The predicted octanol–water partition coefficient (Wildman–Crippen LogP) is 3.54. The third kappa shape index (κ3) is 4.60. The summed E-state index contributed by atoms with van der Waals surface area (Å²) in [5, 5.41) is 2.91. The van der Waals surface area contributed by atoms with Crippen LogP contribution in [0, 0.1) is 0 Å². The van der Waals surface area contributed by atoms with Crippen LogP contribution in [0.25, 0.3) is 11.0 Å². The lowest BCUT2D eigenvalue weighted by Crippen LogP contribution is -2.30. The molecule has 1 N–H and O–H groups in total. The zero-order valence-electron chi connectivity index (χ0n) is 18.3. The first-order valence-corrected chi connectivity index (χ1v) is 12.3. The van der Waals surface area contributed by atoms with E-state index in [4.69, 9.17) is 11.6 Å². The topological polar surface area (TPSA) is 93.4 Å². The summed E-state index contributed by atoms with van der Waals surface area (Å²) in [6.07, 6.45) is 0.0288. The Morgan fingerprint density at radius 1 is 1.03 bits per heavy atom. The number of carbonyl (C=O) groups is 1. The number of nitrogens with zero attached hydrogens (tertiary/aromatic N) is 3. The zero-order valence-corrected chi connectivity index (χ0v) is 19.9. The van der Waals surface area contributed by atoms with Crippen molar-refractivity contribution in [3.63, 3.8) is 0 Å². The average Bonchev–Trinajstić information content (AvgIpc) is 3.04. The van der Waals surface area contributed by atoms with E-state index >= 15 is 0 Å². The third-order valence-corrected chi connectivity index (χ3v) is 7.73. The van der Waals surface area contributed by atoms with Gasteiger partial charge in [0.05, 0.1) is 26.6 Å². The Morgan fingerprint density at radius 3 is 2.25 bits per heavy atom. The van der Waals surface area contributed by atoms with Gasteiger partial charge < -0.3 is 5.32 Å². The monoisotopic (exact) mass is 478 g/mol. The minimum atomic E-state index is -3.69. The first kappa shape index (κ1) is 24.0. The third-order valence-electron chi connectivity index (χ3n) is 5.36. The van der Waals surface area contributed by atoms with Gasteiger partial charge in [-0.05, 0) is 37.3 Å². The Hall–Kier alpha value is -2.62. The smallest absolute Gasteiger partial charge is 0.325 e. The number of anilines is 1. The van der Waals surface area contributed by atoms with E-state index in [1.54, 1.807) is 23.0 Å². The molecule has 0 aliphatic carbocycles. The number of halogens is 1. The van der Waals surface area contributed by atoms with Crippen molar-refractivity contribution in [1.29, 1.82) is 0 Å². The van der Waals surface area contributed by atoms with Gasteiger partial charge in [0.1, 0.15) is 0 Å². The summed E-state index contributed by atoms with van der Waals surface area (Å²) in [6.45, 7) is 6.81. The number of imidazole rings is 1. The first-order valence-electron chi connectivity index (χ1n) is 10.5. The number of para-hydroxylation sites is 2. The van der Waals surface area contributed by atoms with Gasteiger partial charge in [-0.15, -0.1) is 0 Å². The van der Waals surface area contributed by atoms with E-state index in [9.17, 15) is 18.0 Å². The maximum absolute atomic E-state index is 12.8. The van der Waals surface area contributed by atoms with Gasteiger partial charge in [-0.1, -0.05) is 37.6 Å². The molecule has 0 saturated heterocycles. The van der Waals surface area contributed by atoms with Gasteiger partial charge in [0.25, 0.3) is 0 Å². The maximum Gasteiger partial charge on any atom is 0.329 e. The highest BCUT2D eigenvalue weighted by Gasteiger charge is 2.23. The summed E-state index contributed by atoms with van der Waals surface area (Å²) in [4.78, 5) is 25.4. The van der Waals surface area contributed by atoms with Crippen molar-refractivity contribution < 1.29 is 13.2 Å². The number of sulfonamides is 1. The van der Waals surface area contributed by atoms with E-state index in [2.05, 4.69) is 5.32 Å². The minimum Gasteiger partial charge on any atom is -0.325 e. The quantitative estimate of drug-likeness (QED) is 0.509. The minimum absolute atomic E-state index is 0.0288. The van der Waals surface area contributed by atoms with Gasteiger partial charge in [-0.2, -0.15) is 4.31 Å². The molecule has 1 amide bonds. The molecule has 0 saturated carbocycles. The average molecular weight is 479 g/mol. The Morgan fingerprint density at radius 2 is 1.66 bits per heavy atom. The molecule has 3 aromatic rings. The lowest BCUT2D eigenvalue weighted by molar-refractivity contribution is -0.116. The Kier molecular flexibility index (Phi) is 7.43. The molecular formula is C22H27ClN4O4S. The molecule has 0 aliphatic heterocycles. The normalized spacial score (nSPS) is 11.9. The number of amides is 1. The number of rotatable bonds is 9. The molecule has 0 fully saturated rings. The molecule has 2 aromatic carbocycles. The summed E-state index contributed by atoms with van der Waals surface area (Å²) in [5.74, 6) is -0.371. The van der Waals surface area contributed by atoms with Crippen LogP contribution in [0.2, 0.25) is 5.02 Å². The summed E-state index contributed by atoms with van der Waals surface area (Å²) in [6, 6.07) is 11.7. The van der Waals surface area contributed by atoms with E-state index < -0.39 is 10.0 Å². The largest absolute Gasteiger partial charge is 0.329 e. The summed E-state index contributed by atoms with van der Waals surface area (Å²) in [7, 11) is -3.69. The lowest BCUT2D eigenvalue weighted by atomic mass is 10.3. The molecular weight excluding hydrogens is 452 g/mol. The maximum atomic E-state index is 12.8. The van der Waals surface area contributed by atoms with Crippen LogP contribution in [0.3, 0.4) is 0 Å². The highest BCUT2D eigenvalue weighted by atomic mass is 35.5. The number of benzene rings is 2. The van der Waals surface area contributed by atoms with Crippen molar-refractivity contribution in [2.24, 2.45) is 0 Å². The molecule has 0 aliphatic rings. The Bertz CT molecular complexity index is 1290. The second-order valence-electron chi connectivity index (χ2n) is 7.20. The van der Waals surface area contributed by atoms with Crippen LogP contribution in [0.15, 0.2) is 52.2 Å². The number of nitrogens with one attached hydrogen (secondary N) is 1. The molecule has 3 rings (SSSR count). The van der Waals surface area contributed by atoms with Crippen LogP contribution in [0.5, 0.6) is 0 Å². The van der Waals surface area contributed by atoms with Crippen LogP contribution in [0.4, 0.5) is 5.69 Å². The van der Waals surface area contributed by atoms with Crippen molar-refractivity contribution in [1.82, 2.24) is 13.4 Å². The van der Waals surface area contributed by atoms with Crippen LogP contribution in [0.1, 0.15) is 27.2 Å². The highest BCUT2D eigenvalue weighted by molar-refractivity contribution is 7.89. The molecule has 0 radical (unpaired) electrons. The Balaban J connectivity index is 1.80. The second kappa shape index (κ2) is 9.89. The number of aromatic nitrogens is 2. The second-order valence-corrected chi connectivity index (χ2v) is 9.54. The molecule has 0 atom stereocenters. The van der Waals surface area contributed by atoms with Crippen molar-refractivity contribution in [3.05, 3.63) is 58.0 Å². The number of fused-ring (bicyclic) bond motifs is 1. The fourth-order valence-electron chi connectivity index (χ4n) is 3.69. The van der Waals surface area contributed by atoms with Crippen LogP contribution in [-0.2, 0) is 27.9 Å². The lowest BCUT2D eigenvalue weighted by Gasteiger charge is -2.19. The van der Waals surface area contributed by atoms with Gasteiger partial charge >= 0.3 is 5.69 Å². The fraction of sp³-hybridized carbons (Fsp3) is 0.364. The number of hydrogen-bond donors (Lipinski definition) is 1. The van der Waals surface area contributed by atoms with E-state index in [0.29, 0.717) is 19.6 Å². The highest BCUT2D eigenvalue weighted by Crippen LogP contribution is 2.27. The van der Waals surface area contributed by atoms with E-state index in [1.165, 1.54) is 22.5 Å². The van der Waals surface area contributed by atoms with Crippen molar-refractivity contribution in [2.45, 2.75) is 45.2 Å².